The minimum Gasteiger partial charge on any atom is -0.375 e. The predicted molar refractivity (Wildman–Crippen MR) is 81.2 cm³/mol. The lowest BCUT2D eigenvalue weighted by Crippen LogP contribution is -2.41. The summed E-state index contributed by atoms with van der Waals surface area (Å²) >= 11 is 5.45. The fourth-order valence-corrected chi connectivity index (χ4v) is 4.66. The molecular formula is C14H22BrNOS. The van der Waals surface area contributed by atoms with Gasteiger partial charge in [-0.15, -0.1) is 11.3 Å². The minimum atomic E-state index is 0.339. The largest absolute Gasteiger partial charge is 0.375 e. The maximum absolute atomic E-state index is 5.97. The highest BCUT2D eigenvalue weighted by atomic mass is 79.9. The monoisotopic (exact) mass is 331 g/mol. The van der Waals surface area contributed by atoms with Crippen molar-refractivity contribution in [2.75, 3.05) is 7.05 Å². The third-order valence-corrected chi connectivity index (χ3v) is 6.20. The second-order valence-corrected chi connectivity index (χ2v) is 7.13. The van der Waals surface area contributed by atoms with E-state index in [0.717, 1.165) is 6.42 Å². The van der Waals surface area contributed by atoms with E-state index in [1.165, 1.54) is 9.35 Å². The number of halogens is 1. The molecular weight excluding hydrogens is 310 g/mol. The highest BCUT2D eigenvalue weighted by molar-refractivity contribution is 9.10. The van der Waals surface area contributed by atoms with Gasteiger partial charge in [-0.3, -0.25) is 0 Å². The van der Waals surface area contributed by atoms with Crippen LogP contribution in [-0.4, -0.2) is 25.3 Å². The van der Waals surface area contributed by atoms with Crippen molar-refractivity contribution in [3.8, 4) is 0 Å². The van der Waals surface area contributed by atoms with Crippen LogP contribution < -0.4 is 5.32 Å². The molecule has 2 rings (SSSR count). The lowest BCUT2D eigenvalue weighted by molar-refractivity contribution is 0.0479. The van der Waals surface area contributed by atoms with E-state index >= 15 is 0 Å². The Kier molecular flexibility index (Phi) is 4.86. The van der Waals surface area contributed by atoms with Gasteiger partial charge in [0, 0.05) is 21.3 Å². The van der Waals surface area contributed by atoms with E-state index in [4.69, 9.17) is 4.74 Å². The third-order valence-electron chi connectivity index (χ3n) is 4.25. The van der Waals surface area contributed by atoms with E-state index in [-0.39, 0.29) is 0 Å². The molecule has 0 amide bonds. The van der Waals surface area contributed by atoms with Crippen molar-refractivity contribution < 1.29 is 4.74 Å². The molecule has 1 aromatic heterocycles. The Morgan fingerprint density at radius 2 is 2.11 bits per heavy atom. The van der Waals surface area contributed by atoms with Crippen LogP contribution in [0.5, 0.6) is 0 Å². The molecule has 5 atom stereocenters. The summed E-state index contributed by atoms with van der Waals surface area (Å²) in [6.07, 6.45) is 1.78. The molecule has 0 spiro atoms. The molecule has 0 bridgehead atoms. The van der Waals surface area contributed by atoms with Crippen LogP contribution in [-0.2, 0) is 11.2 Å². The summed E-state index contributed by atoms with van der Waals surface area (Å²) in [7, 11) is 2.06. The Labute approximate surface area is 122 Å². The zero-order valence-corrected chi connectivity index (χ0v) is 13.8. The molecule has 1 aliphatic rings. The summed E-state index contributed by atoms with van der Waals surface area (Å²) in [5, 5.41) is 5.64. The van der Waals surface area contributed by atoms with E-state index in [1.54, 1.807) is 0 Å². The molecule has 4 heteroatoms. The zero-order chi connectivity index (χ0) is 13.3. The quantitative estimate of drug-likeness (QED) is 0.908. The second kappa shape index (κ2) is 6.04. The van der Waals surface area contributed by atoms with Gasteiger partial charge in [-0.1, -0.05) is 6.92 Å². The minimum absolute atomic E-state index is 0.339. The molecule has 1 fully saturated rings. The molecule has 1 aliphatic heterocycles. The van der Waals surface area contributed by atoms with Crippen molar-refractivity contribution in [1.82, 2.24) is 5.32 Å². The molecule has 5 unspecified atom stereocenters. The van der Waals surface area contributed by atoms with Crippen molar-refractivity contribution in [3.63, 3.8) is 0 Å². The molecule has 1 aromatic rings. The predicted octanol–water partition coefficient (Wildman–Crippen LogP) is 3.70. The van der Waals surface area contributed by atoms with Crippen LogP contribution in [0, 0.1) is 11.8 Å². The number of hydrogen-bond acceptors (Lipinski definition) is 3. The average molecular weight is 332 g/mol. The summed E-state index contributed by atoms with van der Waals surface area (Å²) in [5.74, 6) is 1.19. The van der Waals surface area contributed by atoms with Crippen LogP contribution in [0.1, 0.15) is 25.6 Å². The van der Waals surface area contributed by atoms with Gasteiger partial charge in [-0.25, -0.2) is 0 Å². The van der Waals surface area contributed by atoms with Gasteiger partial charge in [0.05, 0.1) is 12.2 Å². The van der Waals surface area contributed by atoms with Crippen LogP contribution >= 0.6 is 27.3 Å². The van der Waals surface area contributed by atoms with Crippen molar-refractivity contribution in [2.24, 2.45) is 11.8 Å². The van der Waals surface area contributed by atoms with E-state index in [9.17, 15) is 0 Å². The van der Waals surface area contributed by atoms with E-state index in [2.05, 4.69) is 60.5 Å². The third kappa shape index (κ3) is 2.82. The van der Waals surface area contributed by atoms with Gasteiger partial charge in [0.2, 0.25) is 0 Å². The summed E-state index contributed by atoms with van der Waals surface area (Å²) in [6, 6.07) is 2.61. The van der Waals surface area contributed by atoms with Gasteiger partial charge in [0.25, 0.3) is 0 Å². The van der Waals surface area contributed by atoms with Gasteiger partial charge in [0.1, 0.15) is 0 Å². The van der Waals surface area contributed by atoms with Gasteiger partial charge in [-0.05, 0) is 60.6 Å². The van der Waals surface area contributed by atoms with E-state index in [0.29, 0.717) is 30.1 Å². The highest BCUT2D eigenvalue weighted by Crippen LogP contribution is 2.36. The standard InChI is InChI=1S/C14H22BrNOS/c1-8-9(2)17-10(3)14(8)12(16-4)7-13-11(15)5-6-18-13/h5-6,8-10,12,14,16H,7H2,1-4H3. The first-order valence-electron chi connectivity index (χ1n) is 6.59. The SMILES string of the molecule is CNC(Cc1sccc1Br)C1C(C)OC(C)C1C. The van der Waals surface area contributed by atoms with Crippen LogP contribution in [0.25, 0.3) is 0 Å². The van der Waals surface area contributed by atoms with Gasteiger partial charge >= 0.3 is 0 Å². The number of rotatable bonds is 4. The van der Waals surface area contributed by atoms with Gasteiger partial charge in [0.15, 0.2) is 0 Å². The van der Waals surface area contributed by atoms with Crippen molar-refractivity contribution in [3.05, 3.63) is 20.8 Å². The molecule has 2 heterocycles. The Morgan fingerprint density at radius 1 is 1.39 bits per heavy atom. The van der Waals surface area contributed by atoms with Crippen molar-refractivity contribution in [2.45, 2.75) is 45.4 Å². The number of ether oxygens (including phenoxy) is 1. The van der Waals surface area contributed by atoms with Crippen molar-refractivity contribution in [1.29, 1.82) is 0 Å². The highest BCUT2D eigenvalue weighted by Gasteiger charge is 2.41. The molecule has 1 saturated heterocycles. The van der Waals surface area contributed by atoms with E-state index in [1.807, 2.05) is 11.3 Å². The molecule has 0 saturated carbocycles. The zero-order valence-electron chi connectivity index (χ0n) is 11.4. The van der Waals surface area contributed by atoms with Crippen LogP contribution in [0.15, 0.2) is 15.9 Å². The maximum Gasteiger partial charge on any atom is 0.0597 e. The summed E-state index contributed by atoms with van der Waals surface area (Å²) in [5.41, 5.74) is 0. The summed E-state index contributed by atoms with van der Waals surface area (Å²) < 4.78 is 7.21. The van der Waals surface area contributed by atoms with Crippen LogP contribution in [0.2, 0.25) is 0 Å². The maximum atomic E-state index is 5.97. The number of hydrogen-bond donors (Lipinski definition) is 1. The topological polar surface area (TPSA) is 21.3 Å². The number of thiophene rings is 1. The van der Waals surface area contributed by atoms with Crippen LogP contribution in [0.4, 0.5) is 0 Å². The molecule has 0 aliphatic carbocycles. The lowest BCUT2D eigenvalue weighted by Gasteiger charge is -2.28. The smallest absolute Gasteiger partial charge is 0.0597 e. The molecule has 1 N–H and O–H groups in total. The lowest BCUT2D eigenvalue weighted by atomic mass is 9.82. The Morgan fingerprint density at radius 3 is 2.56 bits per heavy atom. The summed E-state index contributed by atoms with van der Waals surface area (Å²) in [6.45, 7) is 6.71. The summed E-state index contributed by atoms with van der Waals surface area (Å²) in [4.78, 5) is 1.42. The Balaban J connectivity index is 2.11. The fraction of sp³-hybridized carbons (Fsp3) is 0.714. The normalized spacial score (nSPS) is 33.8. The van der Waals surface area contributed by atoms with Gasteiger partial charge in [-0.2, -0.15) is 0 Å². The van der Waals surface area contributed by atoms with Gasteiger partial charge < -0.3 is 10.1 Å². The average Bonchev–Trinajstić information content (AvgIpc) is 2.83. The molecule has 18 heavy (non-hydrogen) atoms. The molecule has 102 valence electrons. The first kappa shape index (κ1) is 14.5. The van der Waals surface area contributed by atoms with E-state index < -0.39 is 0 Å². The first-order valence-corrected chi connectivity index (χ1v) is 8.26. The fourth-order valence-electron chi connectivity index (χ4n) is 3.09. The number of likely N-dealkylation sites (N-methyl/N-ethyl adjacent to an activating group) is 1. The molecule has 2 nitrogen and oxygen atoms in total. The van der Waals surface area contributed by atoms with Crippen molar-refractivity contribution >= 4 is 27.3 Å². The molecule has 0 aromatic carbocycles. The Bertz CT molecular complexity index is 395. The molecule has 0 radical (unpaired) electrons. The first-order chi connectivity index (χ1) is 8.54. The second-order valence-electron chi connectivity index (χ2n) is 5.27. The van der Waals surface area contributed by atoms with Crippen LogP contribution in [0.3, 0.4) is 0 Å². The number of nitrogens with one attached hydrogen (secondary N) is 1. The Hall–Kier alpha value is 0.1000.